The van der Waals surface area contributed by atoms with Crippen molar-refractivity contribution in [3.05, 3.63) is 188 Å². The minimum atomic E-state index is -0.880. The summed E-state index contributed by atoms with van der Waals surface area (Å²) in [5, 5.41) is 28.6. The van der Waals surface area contributed by atoms with Crippen LogP contribution in [-0.4, -0.2) is 63.2 Å². The zero-order valence-electron chi connectivity index (χ0n) is 34.2. The lowest BCUT2D eigenvalue weighted by Gasteiger charge is -2.32. The molecule has 316 valence electrons. The number of H-pyrrole nitrogens is 1. The zero-order valence-corrected chi connectivity index (χ0v) is 35.0. The Morgan fingerprint density at radius 3 is 2.35 bits per heavy atom. The molecule has 7 aromatic rings. The molecule has 1 saturated heterocycles. The van der Waals surface area contributed by atoms with Crippen LogP contribution in [0.4, 0.5) is 0 Å². The van der Waals surface area contributed by atoms with Crippen molar-refractivity contribution in [2.75, 3.05) is 26.2 Å². The molecule has 1 aliphatic rings. The molecule has 2 aromatic heterocycles. The molecule has 1 amide bonds. The summed E-state index contributed by atoms with van der Waals surface area (Å²) in [6.45, 7) is 4.31. The second-order valence-electron chi connectivity index (χ2n) is 15.7. The number of fused-ring (bicyclic) bond motifs is 1. The second kappa shape index (κ2) is 20.0. The molecule has 12 heteroatoms. The smallest absolute Gasteiger partial charge is 0.317 e. The zero-order chi connectivity index (χ0) is 42.8. The number of rotatable bonds is 16. The van der Waals surface area contributed by atoms with E-state index in [1.165, 1.54) is 29.0 Å². The standard InChI is InChI=1S/C50H49N5O6S/c56-43-20-18-41(42-19-21-45(58)54-47(42)43)44(57)30-51-27-33-14-16-37(17-15-33)48(59)52-28-40-29-53-49(62-40)39-13-7-12-38(26-39)46(36-10-5-2-6-11-36)50(60)61-32-35-22-24-55(25-23-35)31-34-8-3-1-4-9-34/h1-21,26,29,35,44,46,51,56-57H,22-25,27-28,30-32H2,(H,52,59)(H,54,58). The van der Waals surface area contributed by atoms with Gasteiger partial charge in [0.1, 0.15) is 16.7 Å². The summed E-state index contributed by atoms with van der Waals surface area (Å²) in [5.74, 6) is -0.785. The Morgan fingerprint density at radius 2 is 1.58 bits per heavy atom. The van der Waals surface area contributed by atoms with Crippen LogP contribution in [0.1, 0.15) is 67.9 Å². The van der Waals surface area contributed by atoms with E-state index in [0.717, 1.165) is 64.6 Å². The van der Waals surface area contributed by atoms with E-state index in [4.69, 9.17) is 4.74 Å². The van der Waals surface area contributed by atoms with Crippen molar-refractivity contribution in [1.82, 2.24) is 25.5 Å². The van der Waals surface area contributed by atoms with E-state index < -0.39 is 12.0 Å². The fraction of sp³-hybridized carbons (Fsp3) is 0.240. The number of aromatic hydroxyl groups is 1. The predicted octanol–water partition coefficient (Wildman–Crippen LogP) is 7.70. The Balaban J connectivity index is 0.832. The average molecular weight is 848 g/mol. The summed E-state index contributed by atoms with van der Waals surface area (Å²) < 4.78 is 6.07. The average Bonchev–Trinajstić information content (AvgIpc) is 3.79. The Morgan fingerprint density at radius 1 is 0.839 bits per heavy atom. The SMILES string of the molecule is O=C(NCc1cnc(-c2cccc(C(C(=O)OCC3CCN(Cc4ccccc4)CC3)c3ccccc3)c2)s1)c1ccc(CNCC(O)c2ccc(O)c3[nH]c(=O)ccc23)cc1. The Bertz CT molecular complexity index is 2660. The lowest BCUT2D eigenvalue weighted by atomic mass is 9.90. The topological polar surface area (TPSA) is 157 Å². The summed E-state index contributed by atoms with van der Waals surface area (Å²) >= 11 is 1.49. The summed E-state index contributed by atoms with van der Waals surface area (Å²) in [6, 6.07) is 41.5. The third-order valence-electron chi connectivity index (χ3n) is 11.4. The number of carbonyl (C=O) groups excluding carboxylic acids is 2. The number of aromatic nitrogens is 2. The quantitative estimate of drug-likeness (QED) is 0.0616. The van der Waals surface area contributed by atoms with Crippen LogP contribution in [0.15, 0.2) is 144 Å². The summed E-state index contributed by atoms with van der Waals surface area (Å²) in [6.07, 6.45) is 2.87. The molecule has 0 spiro atoms. The highest BCUT2D eigenvalue weighted by atomic mass is 32.1. The molecule has 3 heterocycles. The first-order valence-corrected chi connectivity index (χ1v) is 21.7. The molecule has 0 bridgehead atoms. The van der Waals surface area contributed by atoms with Gasteiger partial charge in [0.25, 0.3) is 5.91 Å². The van der Waals surface area contributed by atoms with Gasteiger partial charge in [-0.25, -0.2) is 4.98 Å². The van der Waals surface area contributed by atoms with Crippen LogP contribution in [0.5, 0.6) is 5.75 Å². The number of ether oxygens (including phenoxy) is 1. The highest BCUT2D eigenvalue weighted by molar-refractivity contribution is 7.15. The van der Waals surface area contributed by atoms with E-state index in [-0.39, 0.29) is 35.2 Å². The number of nitrogens with zero attached hydrogens (tertiary/aromatic N) is 2. The Hall–Kier alpha value is -6.44. The molecule has 5 aromatic carbocycles. The van der Waals surface area contributed by atoms with Gasteiger partial charge >= 0.3 is 5.97 Å². The van der Waals surface area contributed by atoms with Crippen molar-refractivity contribution >= 4 is 34.1 Å². The Kier molecular flexibility index (Phi) is 13.6. The van der Waals surface area contributed by atoms with Gasteiger partial charge in [0.2, 0.25) is 5.56 Å². The van der Waals surface area contributed by atoms with Crippen molar-refractivity contribution in [3.63, 3.8) is 0 Å². The van der Waals surface area contributed by atoms with Gasteiger partial charge in [0.05, 0.1) is 24.8 Å². The van der Waals surface area contributed by atoms with Crippen LogP contribution >= 0.6 is 11.3 Å². The summed E-state index contributed by atoms with van der Waals surface area (Å²) in [4.78, 5) is 49.4. The van der Waals surface area contributed by atoms with Gasteiger partial charge in [0, 0.05) is 53.3 Å². The fourth-order valence-electron chi connectivity index (χ4n) is 7.98. The highest BCUT2D eigenvalue weighted by Gasteiger charge is 2.27. The van der Waals surface area contributed by atoms with Crippen LogP contribution in [0.3, 0.4) is 0 Å². The van der Waals surface area contributed by atoms with Crippen LogP contribution in [0, 0.1) is 5.92 Å². The number of aliphatic hydroxyl groups excluding tert-OH is 1. The molecular weight excluding hydrogens is 799 g/mol. The van der Waals surface area contributed by atoms with Crippen molar-refractivity contribution < 1.29 is 24.5 Å². The molecule has 62 heavy (non-hydrogen) atoms. The molecule has 5 N–H and O–H groups in total. The maximum Gasteiger partial charge on any atom is 0.317 e. The van der Waals surface area contributed by atoms with Crippen molar-refractivity contribution in [1.29, 1.82) is 0 Å². The van der Waals surface area contributed by atoms with Crippen molar-refractivity contribution in [2.24, 2.45) is 5.92 Å². The molecule has 2 unspecified atom stereocenters. The molecule has 0 radical (unpaired) electrons. The van der Waals surface area contributed by atoms with E-state index in [1.807, 2.05) is 72.8 Å². The van der Waals surface area contributed by atoms with E-state index in [1.54, 1.807) is 30.5 Å². The van der Waals surface area contributed by atoms with Crippen LogP contribution < -0.4 is 16.2 Å². The maximum atomic E-state index is 13.9. The molecule has 1 aliphatic heterocycles. The highest BCUT2D eigenvalue weighted by Crippen LogP contribution is 2.33. The van der Waals surface area contributed by atoms with Crippen LogP contribution in [0.2, 0.25) is 0 Å². The lowest BCUT2D eigenvalue weighted by Crippen LogP contribution is -2.35. The molecule has 0 aliphatic carbocycles. The number of esters is 1. The molecule has 2 atom stereocenters. The number of carbonyl (C=O) groups is 2. The molecular formula is C50H49N5O6S. The van der Waals surface area contributed by atoms with Gasteiger partial charge in [-0.05, 0) is 90.0 Å². The fourth-order valence-corrected chi connectivity index (χ4v) is 8.82. The van der Waals surface area contributed by atoms with Crippen LogP contribution in [0.25, 0.3) is 21.5 Å². The second-order valence-corrected chi connectivity index (χ2v) is 16.9. The van der Waals surface area contributed by atoms with Gasteiger partial charge in [0.15, 0.2) is 0 Å². The molecule has 0 saturated carbocycles. The molecule has 1 fully saturated rings. The van der Waals surface area contributed by atoms with E-state index >= 15 is 0 Å². The van der Waals surface area contributed by atoms with Gasteiger partial charge in [-0.1, -0.05) is 97.1 Å². The number of likely N-dealkylation sites (tertiary alicyclic amines) is 1. The normalized spacial score (nSPS) is 14.3. The van der Waals surface area contributed by atoms with Crippen molar-refractivity contribution in [3.8, 4) is 16.3 Å². The number of phenols is 1. The minimum Gasteiger partial charge on any atom is -0.506 e. The number of amides is 1. The number of hydrogen-bond donors (Lipinski definition) is 5. The van der Waals surface area contributed by atoms with Gasteiger partial charge < -0.3 is 30.6 Å². The number of benzene rings is 5. The third kappa shape index (κ3) is 10.5. The maximum absolute atomic E-state index is 13.9. The first kappa shape index (κ1) is 42.3. The first-order chi connectivity index (χ1) is 30.3. The number of pyridine rings is 1. The Labute approximate surface area is 364 Å². The number of thiazole rings is 1. The van der Waals surface area contributed by atoms with E-state index in [0.29, 0.717) is 42.1 Å². The van der Waals surface area contributed by atoms with Gasteiger partial charge in [-0.2, -0.15) is 0 Å². The molecule has 8 rings (SSSR count). The monoisotopic (exact) mass is 847 g/mol. The molecule has 11 nitrogen and oxygen atoms in total. The van der Waals surface area contributed by atoms with Gasteiger partial charge in [-0.15, -0.1) is 11.3 Å². The van der Waals surface area contributed by atoms with Crippen molar-refractivity contribution in [2.45, 2.75) is 44.5 Å². The van der Waals surface area contributed by atoms with Crippen LogP contribution in [-0.2, 0) is 29.2 Å². The number of piperidine rings is 1. The van der Waals surface area contributed by atoms with E-state index in [9.17, 15) is 24.6 Å². The number of aliphatic hydroxyl groups is 1. The number of hydrogen-bond acceptors (Lipinski definition) is 10. The number of nitrogens with one attached hydrogen (secondary N) is 3. The summed E-state index contributed by atoms with van der Waals surface area (Å²) in [5.41, 5.74) is 5.89. The predicted molar refractivity (Wildman–Crippen MR) is 242 cm³/mol. The largest absolute Gasteiger partial charge is 0.506 e. The third-order valence-corrected chi connectivity index (χ3v) is 12.4. The number of phenolic OH excluding ortho intramolecular Hbond substituents is 1. The van der Waals surface area contributed by atoms with Gasteiger partial charge in [-0.3, -0.25) is 19.3 Å². The number of aromatic amines is 1. The van der Waals surface area contributed by atoms with E-state index in [2.05, 4.69) is 49.8 Å². The minimum absolute atomic E-state index is 0.0604. The first-order valence-electron chi connectivity index (χ1n) is 20.9. The summed E-state index contributed by atoms with van der Waals surface area (Å²) in [7, 11) is 0. The lowest BCUT2D eigenvalue weighted by molar-refractivity contribution is -0.146.